The molecule has 2 aromatic rings. The Morgan fingerprint density at radius 1 is 0.944 bits per heavy atom. The van der Waals surface area contributed by atoms with Gasteiger partial charge in [-0.15, -0.1) is 0 Å². The molecule has 0 bridgehead atoms. The van der Waals surface area contributed by atoms with Gasteiger partial charge >= 0.3 is 0 Å². The van der Waals surface area contributed by atoms with E-state index in [1.807, 2.05) is 12.1 Å². The highest BCUT2D eigenvalue weighted by Crippen LogP contribution is 2.25. The molecule has 0 fully saturated rings. The van der Waals surface area contributed by atoms with Crippen LogP contribution in [0.25, 0.3) is 0 Å². The van der Waals surface area contributed by atoms with Crippen LogP contribution in [0.3, 0.4) is 0 Å². The highest BCUT2D eigenvalue weighted by atomic mass is 16.3. The van der Waals surface area contributed by atoms with Gasteiger partial charge in [0.1, 0.15) is 5.76 Å². The Morgan fingerprint density at radius 3 is 2.22 bits per heavy atom. The topological polar surface area (TPSA) is 25.2 Å². The van der Waals surface area contributed by atoms with Crippen LogP contribution in [0.2, 0.25) is 0 Å². The van der Waals surface area contributed by atoms with Crippen molar-refractivity contribution in [3.05, 3.63) is 60.1 Å². The zero-order valence-electron chi connectivity index (χ0n) is 11.3. The van der Waals surface area contributed by atoms with E-state index < -0.39 is 0 Å². The molecule has 2 nitrogen and oxygen atoms in total. The highest BCUT2D eigenvalue weighted by molar-refractivity contribution is 5.20. The summed E-state index contributed by atoms with van der Waals surface area (Å²) in [6.45, 7) is 6.61. The third-order valence-corrected chi connectivity index (χ3v) is 3.22. The second-order valence-electron chi connectivity index (χ2n) is 5.04. The Bertz CT molecular complexity index is 447. The van der Waals surface area contributed by atoms with Crippen molar-refractivity contribution in [3.63, 3.8) is 0 Å². The van der Waals surface area contributed by atoms with Crippen molar-refractivity contribution in [3.8, 4) is 0 Å². The highest BCUT2D eigenvalue weighted by Gasteiger charge is 2.19. The second-order valence-corrected chi connectivity index (χ2v) is 5.04. The minimum absolute atomic E-state index is 0.215. The molecule has 18 heavy (non-hydrogen) atoms. The molecular weight excluding hydrogens is 222 g/mol. The first-order valence-electron chi connectivity index (χ1n) is 6.53. The summed E-state index contributed by atoms with van der Waals surface area (Å²) in [4.78, 5) is 0. The maximum Gasteiger partial charge on any atom is 0.120 e. The third-order valence-electron chi connectivity index (χ3n) is 3.22. The van der Waals surface area contributed by atoms with Crippen LogP contribution in [0, 0.1) is 5.92 Å². The molecule has 2 rings (SSSR count). The normalized spacial score (nSPS) is 14.7. The summed E-state index contributed by atoms with van der Waals surface area (Å²) in [5, 5.41) is 3.64. The molecule has 1 heterocycles. The number of hydrogen-bond donors (Lipinski definition) is 1. The quantitative estimate of drug-likeness (QED) is 0.845. The fourth-order valence-electron chi connectivity index (χ4n) is 2.22. The maximum absolute atomic E-state index is 5.45. The number of benzene rings is 1. The summed E-state index contributed by atoms with van der Waals surface area (Å²) in [6, 6.07) is 15.1. The molecular formula is C16H21NO. The van der Waals surface area contributed by atoms with Crippen LogP contribution in [0.15, 0.2) is 53.1 Å². The summed E-state index contributed by atoms with van der Waals surface area (Å²) in [7, 11) is 0. The van der Waals surface area contributed by atoms with Gasteiger partial charge in [0, 0.05) is 6.04 Å². The second kappa shape index (κ2) is 5.87. The molecule has 2 atom stereocenters. The van der Waals surface area contributed by atoms with Crippen LogP contribution in [0.1, 0.15) is 44.2 Å². The van der Waals surface area contributed by atoms with Gasteiger partial charge in [-0.25, -0.2) is 0 Å². The van der Waals surface area contributed by atoms with E-state index in [0.29, 0.717) is 12.0 Å². The molecule has 0 spiro atoms. The van der Waals surface area contributed by atoms with Crippen LogP contribution >= 0.6 is 0 Å². The molecule has 1 N–H and O–H groups in total. The molecule has 0 aliphatic heterocycles. The van der Waals surface area contributed by atoms with E-state index in [1.165, 1.54) is 5.56 Å². The Hall–Kier alpha value is -1.54. The fraction of sp³-hybridized carbons (Fsp3) is 0.375. The van der Waals surface area contributed by atoms with Gasteiger partial charge in [-0.05, 0) is 30.5 Å². The van der Waals surface area contributed by atoms with Crippen molar-refractivity contribution in [2.24, 2.45) is 5.92 Å². The van der Waals surface area contributed by atoms with Crippen molar-refractivity contribution < 1.29 is 4.42 Å². The lowest BCUT2D eigenvalue weighted by atomic mass is 9.95. The number of rotatable bonds is 5. The standard InChI is InChI=1S/C16H21NO/c1-12(2)16(14-8-5-4-6-9-14)17-13(3)15-10-7-11-18-15/h4-13,16-17H,1-3H3/t13-,16?/m0/s1. The Balaban J connectivity index is 2.12. The van der Waals surface area contributed by atoms with Gasteiger partial charge in [0.2, 0.25) is 0 Å². The Labute approximate surface area is 109 Å². The van der Waals surface area contributed by atoms with Crippen LogP contribution in [-0.2, 0) is 0 Å². The maximum atomic E-state index is 5.45. The average Bonchev–Trinajstić information content (AvgIpc) is 2.90. The van der Waals surface area contributed by atoms with Crippen LogP contribution in [0.4, 0.5) is 0 Å². The third kappa shape index (κ3) is 3.02. The van der Waals surface area contributed by atoms with Gasteiger partial charge in [-0.3, -0.25) is 0 Å². The lowest BCUT2D eigenvalue weighted by Gasteiger charge is -2.26. The van der Waals surface area contributed by atoms with Gasteiger partial charge in [0.25, 0.3) is 0 Å². The van der Waals surface area contributed by atoms with Crippen LogP contribution < -0.4 is 5.32 Å². The number of nitrogens with one attached hydrogen (secondary N) is 1. The zero-order chi connectivity index (χ0) is 13.0. The van der Waals surface area contributed by atoms with Gasteiger partial charge < -0.3 is 9.73 Å². The molecule has 0 aliphatic carbocycles. The summed E-state index contributed by atoms with van der Waals surface area (Å²) in [5.41, 5.74) is 1.32. The number of furan rings is 1. The molecule has 0 saturated carbocycles. The zero-order valence-corrected chi connectivity index (χ0v) is 11.3. The monoisotopic (exact) mass is 243 g/mol. The minimum atomic E-state index is 0.215. The average molecular weight is 243 g/mol. The molecule has 1 aromatic heterocycles. The van der Waals surface area contributed by atoms with E-state index in [-0.39, 0.29) is 6.04 Å². The first-order chi connectivity index (χ1) is 8.68. The van der Waals surface area contributed by atoms with Gasteiger partial charge in [0.05, 0.1) is 12.3 Å². The van der Waals surface area contributed by atoms with E-state index >= 15 is 0 Å². The summed E-state index contributed by atoms with van der Waals surface area (Å²) in [5.74, 6) is 1.52. The van der Waals surface area contributed by atoms with Gasteiger partial charge in [0.15, 0.2) is 0 Å². The smallest absolute Gasteiger partial charge is 0.120 e. The molecule has 96 valence electrons. The van der Waals surface area contributed by atoms with Crippen LogP contribution in [-0.4, -0.2) is 0 Å². The lowest BCUT2D eigenvalue weighted by molar-refractivity contribution is 0.340. The molecule has 1 aromatic carbocycles. The summed E-state index contributed by atoms with van der Waals surface area (Å²) < 4.78 is 5.45. The van der Waals surface area contributed by atoms with E-state index in [1.54, 1.807) is 6.26 Å². The molecule has 0 amide bonds. The van der Waals surface area contributed by atoms with Crippen LogP contribution in [0.5, 0.6) is 0 Å². The van der Waals surface area contributed by atoms with Crippen molar-refractivity contribution in [1.29, 1.82) is 0 Å². The Kier molecular flexibility index (Phi) is 4.21. The Morgan fingerprint density at radius 2 is 1.67 bits per heavy atom. The van der Waals surface area contributed by atoms with Crippen molar-refractivity contribution in [2.75, 3.05) is 0 Å². The van der Waals surface area contributed by atoms with Gasteiger partial charge in [-0.1, -0.05) is 44.2 Å². The summed E-state index contributed by atoms with van der Waals surface area (Å²) >= 11 is 0. The van der Waals surface area contributed by atoms with Gasteiger partial charge in [-0.2, -0.15) is 0 Å². The van der Waals surface area contributed by atoms with E-state index in [9.17, 15) is 0 Å². The van der Waals surface area contributed by atoms with E-state index in [0.717, 1.165) is 5.76 Å². The largest absolute Gasteiger partial charge is 0.468 e. The van der Waals surface area contributed by atoms with Crippen molar-refractivity contribution in [1.82, 2.24) is 5.32 Å². The molecule has 1 unspecified atom stereocenters. The van der Waals surface area contributed by atoms with Crippen molar-refractivity contribution in [2.45, 2.75) is 32.9 Å². The van der Waals surface area contributed by atoms with E-state index in [2.05, 4.69) is 56.4 Å². The molecule has 2 heteroatoms. The predicted molar refractivity (Wildman–Crippen MR) is 74.3 cm³/mol. The predicted octanol–water partition coefficient (Wildman–Crippen LogP) is 4.33. The SMILES string of the molecule is CC(C)C(N[C@@H](C)c1ccco1)c1ccccc1. The van der Waals surface area contributed by atoms with E-state index in [4.69, 9.17) is 4.42 Å². The molecule has 0 radical (unpaired) electrons. The first-order valence-corrected chi connectivity index (χ1v) is 6.53. The molecule has 0 saturated heterocycles. The first kappa shape index (κ1) is 12.9. The summed E-state index contributed by atoms with van der Waals surface area (Å²) in [6.07, 6.45) is 1.72. The lowest BCUT2D eigenvalue weighted by Crippen LogP contribution is -2.28. The fourth-order valence-corrected chi connectivity index (χ4v) is 2.22. The molecule has 0 aliphatic rings. The number of hydrogen-bond acceptors (Lipinski definition) is 2. The van der Waals surface area contributed by atoms with Crippen molar-refractivity contribution >= 4 is 0 Å². The minimum Gasteiger partial charge on any atom is -0.468 e.